The highest BCUT2D eigenvalue weighted by Gasteiger charge is 2.24. The number of nitrogens with zero attached hydrogens (tertiary/aromatic N) is 1. The third-order valence-corrected chi connectivity index (χ3v) is 4.62. The summed E-state index contributed by atoms with van der Waals surface area (Å²) in [5.41, 5.74) is 4.06. The van der Waals surface area contributed by atoms with E-state index in [1.807, 2.05) is 26.0 Å². The van der Waals surface area contributed by atoms with E-state index in [1.54, 1.807) is 62.4 Å². The Morgan fingerprint density at radius 2 is 1.23 bits per heavy atom. The SMILES string of the molecule is CC(=NNC(=O)C(NC(=O)c1ccccc1)C(C)C)C(C)NC(=O)c1ccccc1. The van der Waals surface area contributed by atoms with Crippen LogP contribution in [-0.4, -0.2) is 35.5 Å². The molecular formula is C23H28N4O3. The molecule has 3 amide bonds. The molecule has 0 aliphatic heterocycles. The lowest BCUT2D eigenvalue weighted by molar-refractivity contribution is -0.123. The molecule has 7 nitrogen and oxygen atoms in total. The van der Waals surface area contributed by atoms with Crippen molar-refractivity contribution in [3.8, 4) is 0 Å². The Bertz CT molecular complexity index is 895. The molecule has 0 fully saturated rings. The Hall–Kier alpha value is -3.48. The average molecular weight is 409 g/mol. The predicted molar refractivity (Wildman–Crippen MR) is 117 cm³/mol. The second-order valence-corrected chi connectivity index (χ2v) is 7.35. The van der Waals surface area contributed by atoms with Gasteiger partial charge < -0.3 is 10.6 Å². The zero-order chi connectivity index (χ0) is 22.1. The molecule has 0 saturated carbocycles. The van der Waals surface area contributed by atoms with Gasteiger partial charge in [0.25, 0.3) is 17.7 Å². The molecule has 2 rings (SSSR count). The number of hydrogen-bond donors (Lipinski definition) is 3. The summed E-state index contributed by atoms with van der Waals surface area (Å²) < 4.78 is 0. The summed E-state index contributed by atoms with van der Waals surface area (Å²) in [6, 6.07) is 16.4. The zero-order valence-corrected chi connectivity index (χ0v) is 17.7. The van der Waals surface area contributed by atoms with Crippen LogP contribution < -0.4 is 16.1 Å². The van der Waals surface area contributed by atoms with Gasteiger partial charge in [-0.05, 0) is 44.0 Å². The second kappa shape index (κ2) is 10.9. The molecule has 2 atom stereocenters. The van der Waals surface area contributed by atoms with Gasteiger partial charge in [0.2, 0.25) is 0 Å². The molecule has 3 N–H and O–H groups in total. The molecule has 0 aliphatic carbocycles. The van der Waals surface area contributed by atoms with Crippen molar-refractivity contribution in [2.45, 2.75) is 39.8 Å². The van der Waals surface area contributed by atoms with Gasteiger partial charge in [0.15, 0.2) is 0 Å². The van der Waals surface area contributed by atoms with Crippen molar-refractivity contribution >= 4 is 23.4 Å². The maximum Gasteiger partial charge on any atom is 0.262 e. The number of carbonyl (C=O) groups excluding carboxylic acids is 3. The summed E-state index contributed by atoms with van der Waals surface area (Å²) in [5.74, 6) is -1.11. The Morgan fingerprint density at radius 1 is 0.767 bits per heavy atom. The number of hydrogen-bond acceptors (Lipinski definition) is 4. The first kappa shape index (κ1) is 22.8. The van der Waals surface area contributed by atoms with E-state index in [1.165, 1.54) is 0 Å². The van der Waals surface area contributed by atoms with Crippen LogP contribution in [0.1, 0.15) is 48.4 Å². The highest BCUT2D eigenvalue weighted by Crippen LogP contribution is 2.06. The molecule has 0 radical (unpaired) electrons. The summed E-state index contributed by atoms with van der Waals surface area (Å²) in [5, 5.41) is 9.69. The number of benzene rings is 2. The number of hydrazone groups is 1. The predicted octanol–water partition coefficient (Wildman–Crippen LogP) is 2.75. The molecule has 0 bridgehead atoms. The van der Waals surface area contributed by atoms with E-state index in [2.05, 4.69) is 21.2 Å². The van der Waals surface area contributed by atoms with Crippen molar-refractivity contribution in [2.75, 3.05) is 0 Å². The third-order valence-electron chi connectivity index (χ3n) is 4.62. The van der Waals surface area contributed by atoms with Crippen LogP contribution in [0.5, 0.6) is 0 Å². The Balaban J connectivity index is 1.96. The van der Waals surface area contributed by atoms with Crippen LogP contribution >= 0.6 is 0 Å². The van der Waals surface area contributed by atoms with E-state index in [-0.39, 0.29) is 23.8 Å². The molecule has 30 heavy (non-hydrogen) atoms. The van der Waals surface area contributed by atoms with Gasteiger partial charge in [-0.1, -0.05) is 50.2 Å². The van der Waals surface area contributed by atoms with Crippen molar-refractivity contribution in [1.29, 1.82) is 0 Å². The maximum atomic E-state index is 12.6. The van der Waals surface area contributed by atoms with Gasteiger partial charge in [-0.25, -0.2) is 5.43 Å². The summed E-state index contributed by atoms with van der Waals surface area (Å²) in [4.78, 5) is 37.2. The van der Waals surface area contributed by atoms with Crippen molar-refractivity contribution in [2.24, 2.45) is 11.0 Å². The molecule has 158 valence electrons. The minimum atomic E-state index is -0.747. The number of nitrogens with one attached hydrogen (secondary N) is 3. The molecule has 0 spiro atoms. The summed E-state index contributed by atoms with van der Waals surface area (Å²) in [6.45, 7) is 7.18. The maximum absolute atomic E-state index is 12.6. The van der Waals surface area contributed by atoms with Crippen LogP contribution in [0.25, 0.3) is 0 Å². The standard InChI is InChI=1S/C23H28N4O3/c1-15(2)20(25-22(29)19-13-9-6-10-14-19)23(30)27-26-17(4)16(3)24-21(28)18-11-7-5-8-12-18/h5-16,20H,1-4H3,(H,24,28)(H,25,29)(H,27,30). The summed E-state index contributed by atoms with van der Waals surface area (Å²) in [6.07, 6.45) is 0. The van der Waals surface area contributed by atoms with Gasteiger partial charge in [-0.2, -0.15) is 5.10 Å². The first-order valence-electron chi connectivity index (χ1n) is 9.85. The minimum absolute atomic E-state index is 0.136. The quantitative estimate of drug-likeness (QED) is 0.463. The fraction of sp³-hybridized carbons (Fsp3) is 0.304. The van der Waals surface area contributed by atoms with Crippen molar-refractivity contribution in [3.05, 3.63) is 71.8 Å². The van der Waals surface area contributed by atoms with E-state index in [9.17, 15) is 14.4 Å². The molecule has 0 aliphatic rings. The molecule has 0 aromatic heterocycles. The van der Waals surface area contributed by atoms with Crippen LogP contribution in [-0.2, 0) is 4.79 Å². The highest BCUT2D eigenvalue weighted by molar-refractivity contribution is 5.99. The fourth-order valence-electron chi connectivity index (χ4n) is 2.63. The van der Waals surface area contributed by atoms with Gasteiger partial charge >= 0.3 is 0 Å². The van der Waals surface area contributed by atoms with E-state index >= 15 is 0 Å². The van der Waals surface area contributed by atoms with Crippen LogP contribution in [0.2, 0.25) is 0 Å². The largest absolute Gasteiger partial charge is 0.344 e. The second-order valence-electron chi connectivity index (χ2n) is 7.35. The third kappa shape index (κ3) is 6.55. The van der Waals surface area contributed by atoms with Gasteiger partial charge in [-0.3, -0.25) is 14.4 Å². The first-order valence-corrected chi connectivity index (χ1v) is 9.85. The van der Waals surface area contributed by atoms with Crippen molar-refractivity contribution in [3.63, 3.8) is 0 Å². The van der Waals surface area contributed by atoms with Crippen LogP contribution in [0, 0.1) is 5.92 Å². The van der Waals surface area contributed by atoms with Gasteiger partial charge in [0, 0.05) is 11.1 Å². The molecule has 2 aromatic carbocycles. The molecule has 2 unspecified atom stereocenters. The van der Waals surface area contributed by atoms with Crippen LogP contribution in [0.3, 0.4) is 0 Å². The zero-order valence-electron chi connectivity index (χ0n) is 17.7. The summed E-state index contributed by atoms with van der Waals surface area (Å²) >= 11 is 0. The lowest BCUT2D eigenvalue weighted by atomic mass is 10.0. The topological polar surface area (TPSA) is 99.7 Å². The van der Waals surface area contributed by atoms with E-state index in [0.717, 1.165) is 0 Å². The van der Waals surface area contributed by atoms with Crippen molar-refractivity contribution < 1.29 is 14.4 Å². The Morgan fingerprint density at radius 3 is 1.70 bits per heavy atom. The smallest absolute Gasteiger partial charge is 0.262 e. The van der Waals surface area contributed by atoms with Gasteiger partial charge in [0.05, 0.1) is 11.8 Å². The number of carbonyl (C=O) groups is 3. The number of rotatable bonds is 8. The first-order chi connectivity index (χ1) is 14.3. The van der Waals surface area contributed by atoms with Crippen LogP contribution in [0.4, 0.5) is 0 Å². The van der Waals surface area contributed by atoms with Gasteiger partial charge in [0.1, 0.15) is 6.04 Å². The highest BCUT2D eigenvalue weighted by atomic mass is 16.2. The molecule has 7 heteroatoms. The summed E-state index contributed by atoms with van der Waals surface area (Å²) in [7, 11) is 0. The lowest BCUT2D eigenvalue weighted by Crippen LogP contribution is -2.49. The van der Waals surface area contributed by atoms with Gasteiger partial charge in [-0.15, -0.1) is 0 Å². The molecule has 0 saturated heterocycles. The Labute approximate surface area is 177 Å². The van der Waals surface area contributed by atoms with E-state index in [4.69, 9.17) is 0 Å². The monoisotopic (exact) mass is 408 g/mol. The van der Waals surface area contributed by atoms with Crippen molar-refractivity contribution in [1.82, 2.24) is 16.1 Å². The normalized spacial score (nSPS) is 13.3. The fourth-order valence-corrected chi connectivity index (χ4v) is 2.63. The molecule has 0 heterocycles. The van der Waals surface area contributed by atoms with E-state index < -0.39 is 11.9 Å². The number of amides is 3. The lowest BCUT2D eigenvalue weighted by Gasteiger charge is -2.21. The Kier molecular flexibility index (Phi) is 8.29. The molecule has 2 aromatic rings. The average Bonchev–Trinajstić information content (AvgIpc) is 2.76. The minimum Gasteiger partial charge on any atom is -0.344 e. The van der Waals surface area contributed by atoms with E-state index in [0.29, 0.717) is 16.8 Å². The van der Waals surface area contributed by atoms with Crippen LogP contribution in [0.15, 0.2) is 65.8 Å². The molecular weight excluding hydrogens is 380 g/mol.